The topological polar surface area (TPSA) is 21.3 Å². The second-order valence-corrected chi connectivity index (χ2v) is 4.81. The van der Waals surface area contributed by atoms with Crippen LogP contribution in [0.1, 0.15) is 45.7 Å². The molecule has 0 spiro atoms. The zero-order chi connectivity index (χ0) is 12.2. The first-order valence-electron chi connectivity index (χ1n) is 5.62. The highest BCUT2D eigenvalue weighted by molar-refractivity contribution is 5.20. The standard InChI is InChI=1S/C13H20FNO/c1-5-12(15-16-13(2,3)4)10-8-6-7-9-11(10)14/h6-9,12,15H,5H2,1-4H3. The molecular formula is C13H20FNO. The smallest absolute Gasteiger partial charge is 0.128 e. The zero-order valence-electron chi connectivity index (χ0n) is 10.4. The fourth-order valence-electron chi connectivity index (χ4n) is 1.37. The Morgan fingerprint density at radius 1 is 1.31 bits per heavy atom. The van der Waals surface area contributed by atoms with Gasteiger partial charge in [0.1, 0.15) is 5.82 Å². The molecule has 1 unspecified atom stereocenters. The van der Waals surface area contributed by atoms with Crippen molar-refractivity contribution in [1.29, 1.82) is 0 Å². The lowest BCUT2D eigenvalue weighted by atomic mass is 10.1. The van der Waals surface area contributed by atoms with Crippen LogP contribution in [0, 0.1) is 5.82 Å². The molecule has 0 saturated carbocycles. The molecule has 1 rings (SSSR count). The van der Waals surface area contributed by atoms with E-state index in [-0.39, 0.29) is 17.5 Å². The van der Waals surface area contributed by atoms with E-state index in [2.05, 4.69) is 5.48 Å². The van der Waals surface area contributed by atoms with Gasteiger partial charge in [-0.3, -0.25) is 4.84 Å². The third-order valence-electron chi connectivity index (χ3n) is 2.20. The second-order valence-electron chi connectivity index (χ2n) is 4.81. The summed E-state index contributed by atoms with van der Waals surface area (Å²) in [7, 11) is 0. The normalized spacial score (nSPS) is 13.8. The number of benzene rings is 1. The molecule has 0 bridgehead atoms. The van der Waals surface area contributed by atoms with Gasteiger partial charge in [0.2, 0.25) is 0 Å². The fraction of sp³-hybridized carbons (Fsp3) is 0.538. The van der Waals surface area contributed by atoms with Gasteiger partial charge in [-0.1, -0.05) is 25.1 Å². The van der Waals surface area contributed by atoms with Crippen molar-refractivity contribution >= 4 is 0 Å². The summed E-state index contributed by atoms with van der Waals surface area (Å²) in [5, 5.41) is 0. The van der Waals surface area contributed by atoms with Crippen LogP contribution in [0.4, 0.5) is 4.39 Å². The van der Waals surface area contributed by atoms with Crippen LogP contribution in [-0.2, 0) is 4.84 Å². The summed E-state index contributed by atoms with van der Waals surface area (Å²) in [5.41, 5.74) is 3.29. The zero-order valence-corrected chi connectivity index (χ0v) is 10.4. The van der Waals surface area contributed by atoms with E-state index in [4.69, 9.17) is 4.84 Å². The van der Waals surface area contributed by atoms with Gasteiger partial charge in [-0.25, -0.2) is 4.39 Å². The van der Waals surface area contributed by atoms with Gasteiger partial charge < -0.3 is 0 Å². The summed E-state index contributed by atoms with van der Waals surface area (Å²) >= 11 is 0. The van der Waals surface area contributed by atoms with E-state index in [0.717, 1.165) is 6.42 Å². The summed E-state index contributed by atoms with van der Waals surface area (Å²) in [6.07, 6.45) is 0.775. The minimum Gasteiger partial charge on any atom is -0.296 e. The largest absolute Gasteiger partial charge is 0.296 e. The fourth-order valence-corrected chi connectivity index (χ4v) is 1.37. The maximum atomic E-state index is 13.6. The summed E-state index contributed by atoms with van der Waals surface area (Å²) in [5.74, 6) is -0.195. The highest BCUT2D eigenvalue weighted by Crippen LogP contribution is 2.20. The number of hydrogen-bond acceptors (Lipinski definition) is 2. The van der Waals surface area contributed by atoms with Crippen molar-refractivity contribution in [2.45, 2.75) is 45.8 Å². The van der Waals surface area contributed by atoms with Crippen molar-refractivity contribution in [2.24, 2.45) is 0 Å². The lowest BCUT2D eigenvalue weighted by molar-refractivity contribution is -0.0900. The van der Waals surface area contributed by atoms with Crippen LogP contribution < -0.4 is 5.48 Å². The van der Waals surface area contributed by atoms with E-state index < -0.39 is 0 Å². The lowest BCUT2D eigenvalue weighted by Crippen LogP contribution is -2.32. The van der Waals surface area contributed by atoms with Crippen LogP contribution in [0.15, 0.2) is 24.3 Å². The molecule has 16 heavy (non-hydrogen) atoms. The Bertz CT molecular complexity index is 333. The molecule has 0 amide bonds. The van der Waals surface area contributed by atoms with Crippen LogP contribution in [0.25, 0.3) is 0 Å². The number of halogens is 1. The Morgan fingerprint density at radius 2 is 1.94 bits per heavy atom. The highest BCUT2D eigenvalue weighted by Gasteiger charge is 2.17. The molecule has 1 atom stereocenters. The first-order chi connectivity index (χ1) is 7.44. The molecule has 0 aliphatic carbocycles. The van der Waals surface area contributed by atoms with Gasteiger partial charge in [0, 0.05) is 5.56 Å². The molecule has 2 nitrogen and oxygen atoms in total. The van der Waals surface area contributed by atoms with Crippen molar-refractivity contribution in [3.8, 4) is 0 Å². The number of hydroxylamine groups is 1. The quantitative estimate of drug-likeness (QED) is 0.790. The van der Waals surface area contributed by atoms with Gasteiger partial charge in [0.15, 0.2) is 0 Å². The van der Waals surface area contributed by atoms with E-state index in [9.17, 15) is 4.39 Å². The monoisotopic (exact) mass is 225 g/mol. The highest BCUT2D eigenvalue weighted by atomic mass is 19.1. The van der Waals surface area contributed by atoms with Crippen LogP contribution in [0.2, 0.25) is 0 Å². The summed E-state index contributed by atoms with van der Waals surface area (Å²) in [6.45, 7) is 7.85. The third kappa shape index (κ3) is 3.91. The summed E-state index contributed by atoms with van der Waals surface area (Å²) in [6, 6.07) is 6.66. The Morgan fingerprint density at radius 3 is 2.44 bits per heavy atom. The molecule has 0 radical (unpaired) electrons. The maximum absolute atomic E-state index is 13.6. The van der Waals surface area contributed by atoms with E-state index in [1.54, 1.807) is 12.1 Å². The minimum absolute atomic E-state index is 0.111. The van der Waals surface area contributed by atoms with E-state index >= 15 is 0 Å². The van der Waals surface area contributed by atoms with Gasteiger partial charge >= 0.3 is 0 Å². The molecule has 0 saturated heterocycles. The number of hydrogen-bond donors (Lipinski definition) is 1. The predicted octanol–water partition coefficient (Wildman–Crippen LogP) is 3.60. The van der Waals surface area contributed by atoms with E-state index in [1.807, 2.05) is 33.8 Å². The van der Waals surface area contributed by atoms with Crippen molar-refractivity contribution in [1.82, 2.24) is 5.48 Å². The van der Waals surface area contributed by atoms with Crippen molar-refractivity contribution in [3.05, 3.63) is 35.6 Å². The number of nitrogens with one attached hydrogen (secondary N) is 1. The minimum atomic E-state index is -0.279. The van der Waals surface area contributed by atoms with Crippen LogP contribution >= 0.6 is 0 Å². The molecule has 0 heterocycles. The Labute approximate surface area is 96.8 Å². The van der Waals surface area contributed by atoms with Crippen molar-refractivity contribution in [3.63, 3.8) is 0 Å². The molecule has 1 aromatic carbocycles. The van der Waals surface area contributed by atoms with Gasteiger partial charge in [-0.15, -0.1) is 0 Å². The van der Waals surface area contributed by atoms with Gasteiger partial charge in [-0.05, 0) is 33.3 Å². The van der Waals surface area contributed by atoms with Crippen molar-refractivity contribution in [2.75, 3.05) is 0 Å². The Balaban J connectivity index is 2.72. The Kier molecular flexibility index (Phi) is 4.44. The SMILES string of the molecule is CCC(NOC(C)(C)C)c1ccccc1F. The molecular weight excluding hydrogens is 205 g/mol. The maximum Gasteiger partial charge on any atom is 0.128 e. The average molecular weight is 225 g/mol. The summed E-state index contributed by atoms with van der Waals surface area (Å²) < 4.78 is 13.6. The lowest BCUT2D eigenvalue weighted by Gasteiger charge is -2.25. The number of rotatable bonds is 4. The van der Waals surface area contributed by atoms with Gasteiger partial charge in [-0.2, -0.15) is 5.48 Å². The first-order valence-corrected chi connectivity index (χ1v) is 5.62. The van der Waals surface area contributed by atoms with Crippen LogP contribution in [0.3, 0.4) is 0 Å². The first kappa shape index (κ1) is 13.1. The molecule has 0 aromatic heterocycles. The van der Waals surface area contributed by atoms with E-state index in [0.29, 0.717) is 5.56 Å². The third-order valence-corrected chi connectivity index (χ3v) is 2.20. The summed E-state index contributed by atoms with van der Waals surface area (Å²) in [4.78, 5) is 5.48. The molecule has 1 aromatic rings. The average Bonchev–Trinajstić information content (AvgIpc) is 2.20. The molecule has 0 aliphatic heterocycles. The van der Waals surface area contributed by atoms with E-state index in [1.165, 1.54) is 6.07 Å². The van der Waals surface area contributed by atoms with Gasteiger partial charge in [0.05, 0.1) is 11.6 Å². The van der Waals surface area contributed by atoms with Crippen LogP contribution in [0.5, 0.6) is 0 Å². The molecule has 90 valence electrons. The predicted molar refractivity (Wildman–Crippen MR) is 63.4 cm³/mol. The van der Waals surface area contributed by atoms with Crippen LogP contribution in [-0.4, -0.2) is 5.60 Å². The second kappa shape index (κ2) is 5.41. The van der Waals surface area contributed by atoms with Gasteiger partial charge in [0.25, 0.3) is 0 Å². The van der Waals surface area contributed by atoms with Crippen molar-refractivity contribution < 1.29 is 9.23 Å². The molecule has 3 heteroatoms. The molecule has 0 aliphatic rings. The molecule has 1 N–H and O–H groups in total. The Hall–Kier alpha value is -0.930. The molecule has 0 fully saturated rings.